The lowest BCUT2D eigenvalue weighted by Crippen LogP contribution is -2.19. The summed E-state index contributed by atoms with van der Waals surface area (Å²) in [5, 5.41) is 95.9. The highest BCUT2D eigenvalue weighted by Crippen LogP contribution is 2.39. The molecule has 12 heterocycles. The molecule has 13 rings (SSSR count). The summed E-state index contributed by atoms with van der Waals surface area (Å²) in [6, 6.07) is 7.00. The van der Waals surface area contributed by atoms with Crippen molar-refractivity contribution in [3.05, 3.63) is 130 Å². The van der Waals surface area contributed by atoms with Gasteiger partial charge < -0.3 is 30.6 Å². The molecule has 27 nitrogen and oxygen atoms in total. The maximum absolute atomic E-state index is 9.68. The number of aliphatic hydroxyl groups excluding tert-OH is 6. The van der Waals surface area contributed by atoms with Crippen molar-refractivity contribution in [3.8, 4) is 67.5 Å². The summed E-state index contributed by atoms with van der Waals surface area (Å²) >= 11 is 0. The van der Waals surface area contributed by atoms with Crippen LogP contribution >= 0.6 is 0 Å². The van der Waals surface area contributed by atoms with Gasteiger partial charge in [-0.15, -0.1) is 0 Å². The van der Waals surface area contributed by atoms with Crippen LogP contribution in [0.2, 0.25) is 0 Å². The van der Waals surface area contributed by atoms with E-state index in [9.17, 15) is 15.3 Å². The maximum Gasteiger partial charge on any atom is 0.0999 e. The minimum absolute atomic E-state index is 0.218. The third-order valence-electron chi connectivity index (χ3n) is 16.5. The highest BCUT2D eigenvalue weighted by atomic mass is 16.3. The van der Waals surface area contributed by atoms with Gasteiger partial charge in [0.15, 0.2) is 0 Å². The van der Waals surface area contributed by atoms with Crippen LogP contribution in [0.5, 0.6) is 0 Å². The molecular weight excluding hydrogens is 1130 g/mol. The van der Waals surface area contributed by atoms with Gasteiger partial charge >= 0.3 is 0 Å². The largest absolute Gasteiger partial charge is 0.394 e. The average molecular weight is 1210 g/mol. The fourth-order valence-electron chi connectivity index (χ4n) is 11.6. The number of rotatable bonds is 23. The maximum atomic E-state index is 9.68. The second-order valence-corrected chi connectivity index (χ2v) is 22.5. The van der Waals surface area contributed by atoms with Crippen LogP contribution in [0.25, 0.3) is 84.1 Å². The summed E-state index contributed by atoms with van der Waals surface area (Å²) in [4.78, 5) is 14.7. The van der Waals surface area contributed by atoms with Gasteiger partial charge in [-0.05, 0) is 62.6 Å². The van der Waals surface area contributed by atoms with Crippen molar-refractivity contribution in [2.24, 2.45) is 5.92 Å². The fraction of sp³-hybridized carbons (Fsp3) is 0.419. The zero-order valence-corrected chi connectivity index (χ0v) is 50.6. The molecule has 12 aromatic rings. The van der Waals surface area contributed by atoms with E-state index in [1.807, 2.05) is 87.8 Å². The Kier molecular flexibility index (Phi) is 19.3. The molecule has 1 fully saturated rings. The second-order valence-electron chi connectivity index (χ2n) is 22.5. The van der Waals surface area contributed by atoms with Crippen molar-refractivity contribution in [2.75, 3.05) is 19.8 Å². The van der Waals surface area contributed by atoms with Crippen molar-refractivity contribution in [1.82, 2.24) is 102 Å². The van der Waals surface area contributed by atoms with E-state index in [0.29, 0.717) is 24.0 Å². The van der Waals surface area contributed by atoms with Crippen molar-refractivity contribution in [3.63, 3.8) is 0 Å². The molecule has 6 N–H and O–H groups in total. The molecular formula is C62H77N21O6. The monoisotopic (exact) mass is 1210 g/mol. The van der Waals surface area contributed by atoms with E-state index < -0.39 is 18.3 Å². The molecule has 0 saturated heterocycles. The fourth-order valence-corrected chi connectivity index (χ4v) is 11.6. The molecule has 1 aliphatic rings. The molecule has 466 valence electrons. The van der Waals surface area contributed by atoms with Crippen LogP contribution in [0.15, 0.2) is 130 Å². The molecule has 0 spiro atoms. The lowest BCUT2D eigenvalue weighted by molar-refractivity contribution is 0.0782. The Morgan fingerprint density at radius 2 is 0.775 bits per heavy atom. The van der Waals surface area contributed by atoms with Gasteiger partial charge in [0.25, 0.3) is 0 Å². The van der Waals surface area contributed by atoms with Gasteiger partial charge in [0.1, 0.15) is 0 Å². The van der Waals surface area contributed by atoms with E-state index in [4.69, 9.17) is 35.4 Å². The quantitative estimate of drug-likeness (QED) is 0.0379. The summed E-state index contributed by atoms with van der Waals surface area (Å²) in [6.45, 7) is 10.6. The minimum Gasteiger partial charge on any atom is -0.394 e. The van der Waals surface area contributed by atoms with Gasteiger partial charge in [0.05, 0.1) is 201 Å². The van der Waals surface area contributed by atoms with Crippen LogP contribution in [0.3, 0.4) is 0 Å². The number of fused-ring (bicyclic) bond motifs is 3. The Hall–Kier alpha value is -9.12. The number of nitrogens with zero attached hydrogens (tertiary/aromatic N) is 21. The molecule has 27 heteroatoms. The van der Waals surface area contributed by atoms with E-state index in [0.717, 1.165) is 110 Å². The topological polar surface area (TPSA) is 319 Å². The van der Waals surface area contributed by atoms with E-state index in [1.165, 1.54) is 25.7 Å². The predicted molar refractivity (Wildman–Crippen MR) is 331 cm³/mol. The van der Waals surface area contributed by atoms with Gasteiger partial charge in [-0.2, -0.15) is 45.9 Å². The standard InChI is InChI=1S/C22H27N7O2.2C20H25N7O2/c1-2-15-4-3-5-20(15)28-11-17(9-25-28)22-21-6-7-23-29(21)13-19(26-22)16-8-24-27(10-16)12-18(31)14-30;2*1-3-16(4-2)26-10-15(8-23-26)20-19-5-6-21-27(19)12-18(24-20)14-7-22-25(9-14)11-17(29)13-28/h6-11,13,15,18,20,30-31H,2-5,12,14H2,1H3;2*5-10,12,16-17,28-29H,3-4,11,13H2,1-2H3/t15-,18+,20+;2*17-/m011/s1. The normalized spacial score (nSPS) is 15.3. The van der Waals surface area contributed by atoms with E-state index >= 15 is 0 Å². The van der Waals surface area contributed by atoms with E-state index in [2.05, 4.69) is 86.3 Å². The Labute approximate surface area is 512 Å². The Morgan fingerprint density at radius 1 is 0.416 bits per heavy atom. The summed E-state index contributed by atoms with van der Waals surface area (Å²) < 4.78 is 16.3. The first-order valence-electron chi connectivity index (χ1n) is 30.5. The number of hydrogen-bond acceptors (Lipinski definition) is 18. The van der Waals surface area contributed by atoms with Crippen molar-refractivity contribution in [1.29, 1.82) is 0 Å². The molecule has 0 amide bonds. The van der Waals surface area contributed by atoms with E-state index in [-0.39, 0.29) is 39.5 Å². The molecule has 89 heavy (non-hydrogen) atoms. The second kappa shape index (κ2) is 27.9. The van der Waals surface area contributed by atoms with Crippen LogP contribution in [0.4, 0.5) is 0 Å². The van der Waals surface area contributed by atoms with Gasteiger partial charge in [-0.1, -0.05) is 47.5 Å². The van der Waals surface area contributed by atoms with Crippen LogP contribution < -0.4 is 0 Å². The summed E-state index contributed by atoms with van der Waals surface area (Å²) in [7, 11) is 0. The third kappa shape index (κ3) is 13.6. The first kappa shape index (κ1) is 61.5. The zero-order chi connectivity index (χ0) is 62.1. The molecule has 5 atom stereocenters. The molecule has 1 saturated carbocycles. The van der Waals surface area contributed by atoms with Gasteiger partial charge in [-0.3, -0.25) is 28.1 Å². The van der Waals surface area contributed by atoms with Crippen LogP contribution in [0.1, 0.15) is 104 Å². The minimum atomic E-state index is -0.851. The van der Waals surface area contributed by atoms with Crippen LogP contribution in [-0.4, -0.2) is 171 Å². The molecule has 12 aromatic heterocycles. The van der Waals surface area contributed by atoms with Crippen molar-refractivity contribution >= 4 is 16.6 Å². The van der Waals surface area contributed by atoms with Gasteiger partial charge in [0.2, 0.25) is 0 Å². The third-order valence-corrected chi connectivity index (χ3v) is 16.5. The highest BCUT2D eigenvalue weighted by Gasteiger charge is 2.29. The molecule has 0 unspecified atom stereocenters. The summed E-state index contributed by atoms with van der Waals surface area (Å²) in [5.74, 6) is 0.683. The van der Waals surface area contributed by atoms with Crippen LogP contribution in [-0.2, 0) is 19.6 Å². The number of hydrogen-bond donors (Lipinski definition) is 6. The Morgan fingerprint density at radius 3 is 1.13 bits per heavy atom. The molecule has 0 bridgehead atoms. The molecule has 0 aromatic carbocycles. The van der Waals surface area contributed by atoms with Gasteiger partial charge in [0, 0.05) is 70.6 Å². The molecule has 1 aliphatic carbocycles. The lowest BCUT2D eigenvalue weighted by atomic mass is 10.0. The van der Waals surface area contributed by atoms with E-state index in [1.54, 1.807) is 72.7 Å². The van der Waals surface area contributed by atoms with Crippen molar-refractivity contribution < 1.29 is 30.6 Å². The highest BCUT2D eigenvalue weighted by molar-refractivity contribution is 5.80. The average Bonchev–Trinajstić information content (AvgIpc) is 1.86. The zero-order valence-electron chi connectivity index (χ0n) is 50.6. The summed E-state index contributed by atoms with van der Waals surface area (Å²) in [6.07, 6.45) is 39.5. The Balaban J connectivity index is 0.000000138. The SMILES string of the molecule is CCC(CC)n1cc(-c2nc(-c3cnn(C[C@@H](O)CO)c3)cn3nccc23)cn1.CCC(CC)n1cc(-c2nc(-c3cnn(C[C@@H](O)CO)c3)cn3nccc23)cn1.CC[C@H]1CCC[C@H]1n1cc(-c2nc(-c3cnn(C[C@@H](O)CO)c3)cn3nccc23)cn1. The smallest absolute Gasteiger partial charge is 0.0999 e. The lowest BCUT2D eigenvalue weighted by Gasteiger charge is -2.18. The first-order chi connectivity index (χ1) is 43.4. The number of aliphatic hydroxyl groups is 6. The number of aromatic nitrogens is 21. The Bertz CT molecular complexity index is 4040. The predicted octanol–water partition coefficient (Wildman–Crippen LogP) is 6.90. The summed E-state index contributed by atoms with van der Waals surface area (Å²) in [5.41, 5.74) is 12.6. The molecule has 0 aliphatic heterocycles. The molecule has 0 radical (unpaired) electrons. The van der Waals surface area contributed by atoms with Gasteiger partial charge in [-0.25, -0.2) is 28.5 Å². The van der Waals surface area contributed by atoms with Crippen LogP contribution in [0, 0.1) is 5.92 Å². The van der Waals surface area contributed by atoms with Crippen molar-refractivity contribution in [2.45, 2.75) is 142 Å². The first-order valence-corrected chi connectivity index (χ1v) is 30.5.